The van der Waals surface area contributed by atoms with Crippen molar-refractivity contribution in [2.45, 2.75) is 0 Å². The lowest BCUT2D eigenvalue weighted by Gasteiger charge is -2.10. The lowest BCUT2D eigenvalue weighted by molar-refractivity contribution is -0.244. The maximum Gasteiger partial charge on any atom is 0.197 e. The smallest absolute Gasteiger partial charge is 0.197 e. The predicted octanol–water partition coefficient (Wildman–Crippen LogP) is 4.79. The molecule has 0 saturated carbocycles. The van der Waals surface area contributed by atoms with E-state index < -0.39 is 0 Å². The first-order valence-electron chi connectivity index (χ1n) is 9.89. The Labute approximate surface area is 188 Å². The summed E-state index contributed by atoms with van der Waals surface area (Å²) in [6.45, 7) is 0. The number of Topliss-reactive ketones (excluding diaryl/α,β-unsaturated/α-hetero) is 3. The zero-order valence-corrected chi connectivity index (χ0v) is 17.3. The predicted molar refractivity (Wildman–Crippen MR) is 121 cm³/mol. The zero-order valence-electron chi connectivity index (χ0n) is 16.6. The minimum Gasteiger partial charge on any atom is -0.872 e. The number of ketones is 3. The molecule has 32 heavy (non-hydrogen) atoms. The molecule has 5 heteroatoms. The Hall–Kier alpha value is -4.02. The maximum atomic E-state index is 12.8. The highest BCUT2D eigenvalue weighted by Gasteiger charge is 2.32. The van der Waals surface area contributed by atoms with E-state index in [1.165, 1.54) is 24.3 Å². The summed E-state index contributed by atoms with van der Waals surface area (Å²) >= 11 is 6.21. The molecule has 3 aromatic carbocycles. The summed E-state index contributed by atoms with van der Waals surface area (Å²) in [6.07, 6.45) is 5.55. The number of halogens is 1. The van der Waals surface area contributed by atoms with Crippen LogP contribution in [0.5, 0.6) is 0 Å². The third kappa shape index (κ3) is 3.13. The summed E-state index contributed by atoms with van der Waals surface area (Å²) in [5.41, 5.74) is 1.52. The van der Waals surface area contributed by atoms with Gasteiger partial charge in [0.1, 0.15) is 0 Å². The molecule has 0 fully saturated rings. The van der Waals surface area contributed by atoms with Crippen LogP contribution >= 0.6 is 11.6 Å². The number of hydrogen-bond acceptors (Lipinski definition) is 4. The van der Waals surface area contributed by atoms with E-state index in [0.29, 0.717) is 22.3 Å². The molecule has 0 aromatic heterocycles. The fourth-order valence-corrected chi connectivity index (χ4v) is 4.09. The van der Waals surface area contributed by atoms with Gasteiger partial charge in [0.25, 0.3) is 0 Å². The Morgan fingerprint density at radius 3 is 1.94 bits per heavy atom. The van der Waals surface area contributed by atoms with Crippen LogP contribution in [0.25, 0.3) is 16.5 Å². The largest absolute Gasteiger partial charge is 0.872 e. The van der Waals surface area contributed by atoms with Crippen molar-refractivity contribution < 1.29 is 19.5 Å². The van der Waals surface area contributed by atoms with E-state index in [0.717, 1.165) is 10.8 Å². The van der Waals surface area contributed by atoms with Gasteiger partial charge >= 0.3 is 0 Å². The number of carbonyl (C=O) groups is 3. The summed E-state index contributed by atoms with van der Waals surface area (Å²) in [7, 11) is 0. The van der Waals surface area contributed by atoms with Gasteiger partial charge in [-0.15, -0.1) is 0 Å². The van der Waals surface area contributed by atoms with Gasteiger partial charge in [0.15, 0.2) is 17.3 Å². The van der Waals surface area contributed by atoms with Crippen molar-refractivity contribution in [3.05, 3.63) is 123 Å². The summed E-state index contributed by atoms with van der Waals surface area (Å²) < 4.78 is 0. The van der Waals surface area contributed by atoms with E-state index in [9.17, 15) is 19.5 Å². The van der Waals surface area contributed by atoms with Crippen molar-refractivity contribution in [3.63, 3.8) is 0 Å². The highest BCUT2D eigenvalue weighted by molar-refractivity contribution is 6.39. The van der Waals surface area contributed by atoms with Gasteiger partial charge in [0, 0.05) is 27.3 Å². The average Bonchev–Trinajstić information content (AvgIpc) is 3.19. The molecule has 0 saturated heterocycles. The van der Waals surface area contributed by atoms with Crippen molar-refractivity contribution in [3.8, 4) is 0 Å². The fraction of sp³-hybridized carbons (Fsp3) is 0. The number of hydrogen-bond donors (Lipinski definition) is 0. The number of fused-ring (bicyclic) bond motifs is 3. The van der Waals surface area contributed by atoms with E-state index in [1.807, 2.05) is 24.3 Å². The third-order valence-corrected chi connectivity index (χ3v) is 5.84. The van der Waals surface area contributed by atoms with Crippen molar-refractivity contribution in [2.24, 2.45) is 0 Å². The first kappa shape index (κ1) is 19.9. The zero-order chi connectivity index (χ0) is 22.4. The van der Waals surface area contributed by atoms with Crippen LogP contribution in [0.15, 0.2) is 101 Å². The lowest BCUT2D eigenvalue weighted by Crippen LogP contribution is -2.02. The van der Waals surface area contributed by atoms with Gasteiger partial charge in [-0.3, -0.25) is 14.4 Å². The minimum absolute atomic E-state index is 0.0231. The molecule has 0 aliphatic heterocycles. The van der Waals surface area contributed by atoms with Crippen LogP contribution in [-0.2, 0) is 0 Å². The average molecular weight is 438 g/mol. The quantitative estimate of drug-likeness (QED) is 0.335. The van der Waals surface area contributed by atoms with Crippen LogP contribution in [0.3, 0.4) is 0 Å². The molecule has 0 heterocycles. The van der Waals surface area contributed by atoms with E-state index in [1.54, 1.807) is 36.4 Å². The topological polar surface area (TPSA) is 74.3 Å². The maximum absolute atomic E-state index is 12.8. The van der Waals surface area contributed by atoms with Gasteiger partial charge < -0.3 is 5.11 Å². The molecular formula is C27H14ClO4-. The van der Waals surface area contributed by atoms with Crippen molar-refractivity contribution in [2.75, 3.05) is 0 Å². The van der Waals surface area contributed by atoms with Crippen molar-refractivity contribution in [1.82, 2.24) is 0 Å². The van der Waals surface area contributed by atoms with Gasteiger partial charge in [-0.2, -0.15) is 0 Å². The molecule has 0 atom stereocenters. The Morgan fingerprint density at radius 1 is 0.750 bits per heavy atom. The summed E-state index contributed by atoms with van der Waals surface area (Å²) in [6, 6.07) is 17.6. The molecular weight excluding hydrogens is 424 g/mol. The molecule has 154 valence electrons. The Morgan fingerprint density at radius 2 is 1.31 bits per heavy atom. The molecule has 5 rings (SSSR count). The van der Waals surface area contributed by atoms with E-state index in [-0.39, 0.29) is 39.3 Å². The van der Waals surface area contributed by atoms with E-state index in [4.69, 9.17) is 11.6 Å². The van der Waals surface area contributed by atoms with Gasteiger partial charge in [0.05, 0.1) is 5.57 Å². The monoisotopic (exact) mass is 437 g/mol. The number of carbonyl (C=O) groups excluding carboxylic acids is 3. The molecule has 0 radical (unpaired) electrons. The molecule has 4 nitrogen and oxygen atoms in total. The van der Waals surface area contributed by atoms with Crippen LogP contribution in [-0.4, -0.2) is 17.3 Å². The van der Waals surface area contributed by atoms with Crippen LogP contribution in [0, 0.1) is 0 Å². The highest BCUT2D eigenvalue weighted by atomic mass is 35.5. The molecule has 2 aliphatic carbocycles. The molecule has 3 aromatic rings. The second-order valence-corrected chi connectivity index (χ2v) is 7.92. The van der Waals surface area contributed by atoms with Crippen LogP contribution in [0.2, 0.25) is 0 Å². The Balaban J connectivity index is 1.42. The Kier molecular flexibility index (Phi) is 4.72. The van der Waals surface area contributed by atoms with Gasteiger partial charge in [-0.05, 0) is 46.7 Å². The van der Waals surface area contributed by atoms with Gasteiger partial charge in [0.2, 0.25) is 0 Å². The number of allylic oxidation sites excluding steroid dienone is 7. The molecule has 0 N–H and O–H groups in total. The second kappa shape index (κ2) is 7.59. The molecule has 0 unspecified atom stereocenters. The van der Waals surface area contributed by atoms with Crippen molar-refractivity contribution in [1.29, 1.82) is 0 Å². The summed E-state index contributed by atoms with van der Waals surface area (Å²) in [5, 5.41) is 14.7. The molecule has 0 bridgehead atoms. The first-order chi connectivity index (χ1) is 15.5. The van der Waals surface area contributed by atoms with Gasteiger partial charge in [-0.25, -0.2) is 0 Å². The fourth-order valence-electron chi connectivity index (χ4n) is 3.97. The summed E-state index contributed by atoms with van der Waals surface area (Å²) in [5.74, 6) is -1.42. The van der Waals surface area contributed by atoms with Crippen LogP contribution < -0.4 is 5.11 Å². The van der Waals surface area contributed by atoms with E-state index >= 15 is 0 Å². The first-order valence-corrected chi connectivity index (χ1v) is 10.3. The third-order valence-electron chi connectivity index (χ3n) is 5.59. The van der Waals surface area contributed by atoms with Crippen LogP contribution in [0.4, 0.5) is 0 Å². The standard InChI is InChI=1S/C27H15ClO4/c28-17(9-11-20-24(29)18-7-3-4-8-19(18)25(20)30)10-12-21-26(31)22-13-15-5-1-2-6-16(15)14-23(22)27(21)32/h1-14,31H/p-1/b12-10+,17-9-. The number of rotatable bonds is 3. The van der Waals surface area contributed by atoms with Gasteiger partial charge in [-0.1, -0.05) is 72.0 Å². The Bertz CT molecular complexity index is 1450. The molecule has 0 spiro atoms. The lowest BCUT2D eigenvalue weighted by atomic mass is 10.0. The SMILES string of the molecule is O=C1C(=C/C=C(Cl)/C=C/C2=C([O-])c3cc4ccccc4cc3C2=O)C(=O)c2ccccc21. The van der Waals surface area contributed by atoms with Crippen LogP contribution in [0.1, 0.15) is 36.6 Å². The molecule has 2 aliphatic rings. The second-order valence-electron chi connectivity index (χ2n) is 7.49. The van der Waals surface area contributed by atoms with E-state index in [2.05, 4.69) is 0 Å². The molecule has 0 amide bonds. The van der Waals surface area contributed by atoms with Crippen molar-refractivity contribution >= 4 is 45.5 Å². The highest BCUT2D eigenvalue weighted by Crippen LogP contribution is 2.33. The minimum atomic E-state index is -0.355. The summed E-state index contributed by atoms with van der Waals surface area (Å²) in [4.78, 5) is 37.6. The normalized spacial score (nSPS) is 15.8. The number of benzene rings is 3.